The molecule has 6 atom stereocenters. The minimum atomic E-state index is -1.37. The summed E-state index contributed by atoms with van der Waals surface area (Å²) in [4.78, 5) is 105. The third-order valence-electron chi connectivity index (χ3n) is 9.22. The van der Waals surface area contributed by atoms with Crippen LogP contribution in [-0.4, -0.2) is 147 Å². The van der Waals surface area contributed by atoms with E-state index in [0.29, 0.717) is 6.42 Å². The van der Waals surface area contributed by atoms with Crippen molar-refractivity contribution in [2.24, 2.45) is 110 Å². The molecule has 0 aromatic carbocycles. The van der Waals surface area contributed by atoms with Gasteiger partial charge in [-0.25, -0.2) is 0 Å². The normalized spacial score (nSPS) is 13.2. The van der Waals surface area contributed by atoms with Crippen molar-refractivity contribution in [2.45, 2.75) is 113 Å². The number of primary amides is 1. The van der Waals surface area contributed by atoms with Crippen LogP contribution in [0.3, 0.4) is 0 Å². The Kier molecular flexibility index (Phi) is 30.0. The van der Waals surface area contributed by atoms with E-state index in [4.69, 9.17) is 80.3 Å². The fourth-order valence-electron chi connectivity index (χ4n) is 5.90. The van der Waals surface area contributed by atoms with Crippen molar-refractivity contribution in [1.82, 2.24) is 26.6 Å². The smallest absolute Gasteiger partial charge is 0.243 e. The van der Waals surface area contributed by atoms with E-state index >= 15 is 0 Å². The maximum absolute atomic E-state index is 14.2. The number of aliphatic imine (C=N–C) groups is 6. The number of nitrogens with two attached hydrogens (primary N) is 14. The SMILES string of the molecule is NC(=O)[C@@H](CCCN=C(N)N)NC(=O)[C@@H](CCCN=C(N)N)NC(=O)[C@@H](CCCN=C(N)N)NC(=O)[C@@H](CCCN=C(N)N)NC(=O)[C@@H](CCCN=C(N)N)NC(=O)[C@H](N)CCCN=C(N)N. The molecule has 31 heteroatoms. The van der Waals surface area contributed by atoms with Gasteiger partial charge in [-0.1, -0.05) is 0 Å². The van der Waals surface area contributed by atoms with E-state index in [9.17, 15) is 28.8 Å². The third kappa shape index (κ3) is 30.2. The second-order valence-electron chi connectivity index (χ2n) is 15.0. The van der Waals surface area contributed by atoms with Gasteiger partial charge in [0.1, 0.15) is 30.2 Å². The summed E-state index contributed by atoms with van der Waals surface area (Å²) in [5.74, 6) is -5.93. The summed E-state index contributed by atoms with van der Waals surface area (Å²) in [5, 5.41) is 13.1. The Morgan fingerprint density at radius 2 is 0.493 bits per heavy atom. The van der Waals surface area contributed by atoms with Crippen molar-refractivity contribution >= 4 is 71.2 Å². The van der Waals surface area contributed by atoms with Crippen LogP contribution in [0.2, 0.25) is 0 Å². The van der Waals surface area contributed by atoms with E-state index < -0.39 is 71.7 Å². The van der Waals surface area contributed by atoms with Crippen molar-refractivity contribution in [3.63, 3.8) is 0 Å². The molecule has 0 aliphatic heterocycles. The molecule has 6 amide bonds. The Bertz CT molecular complexity index is 1750. The highest BCUT2D eigenvalue weighted by Crippen LogP contribution is 2.09. The number of carbonyl (C=O) groups excluding carboxylic acids is 6. The highest BCUT2D eigenvalue weighted by molar-refractivity contribution is 5.96. The molecule has 0 fully saturated rings. The van der Waals surface area contributed by atoms with Crippen molar-refractivity contribution in [2.75, 3.05) is 39.3 Å². The van der Waals surface area contributed by atoms with Crippen LogP contribution in [0.5, 0.6) is 0 Å². The van der Waals surface area contributed by atoms with Crippen LogP contribution in [0.4, 0.5) is 0 Å². The minimum Gasteiger partial charge on any atom is -0.370 e. The van der Waals surface area contributed by atoms with Gasteiger partial charge < -0.3 is 107 Å². The van der Waals surface area contributed by atoms with Crippen molar-refractivity contribution in [1.29, 1.82) is 0 Å². The largest absolute Gasteiger partial charge is 0.370 e. The zero-order valence-electron chi connectivity index (χ0n) is 37.9. The number of guanidine groups is 6. The highest BCUT2D eigenvalue weighted by atomic mass is 16.2. The van der Waals surface area contributed by atoms with Crippen molar-refractivity contribution in [3.8, 4) is 0 Å². The van der Waals surface area contributed by atoms with Crippen molar-refractivity contribution < 1.29 is 28.8 Å². The molecule has 33 N–H and O–H groups in total. The fraction of sp³-hybridized carbons (Fsp3) is 0.667. The minimum absolute atomic E-state index is 0.00670. The molecule has 380 valence electrons. The predicted octanol–water partition coefficient (Wildman–Crippen LogP) is -9.46. The molecule has 0 aromatic rings. The van der Waals surface area contributed by atoms with Crippen molar-refractivity contribution in [3.05, 3.63) is 0 Å². The van der Waals surface area contributed by atoms with Crippen LogP contribution in [0, 0.1) is 0 Å². The zero-order valence-corrected chi connectivity index (χ0v) is 37.9. The van der Waals surface area contributed by atoms with Gasteiger partial charge in [-0.05, 0) is 77.0 Å². The molecule has 0 saturated carbocycles. The van der Waals surface area contributed by atoms with Crippen LogP contribution in [0.25, 0.3) is 0 Å². The van der Waals surface area contributed by atoms with Gasteiger partial charge in [0, 0.05) is 39.3 Å². The number of carbonyl (C=O) groups is 6. The van der Waals surface area contributed by atoms with E-state index in [2.05, 4.69) is 56.5 Å². The number of nitrogens with one attached hydrogen (secondary N) is 5. The average molecular weight is 954 g/mol. The molecule has 0 aromatic heterocycles. The van der Waals surface area contributed by atoms with E-state index in [1.165, 1.54) is 0 Å². The summed E-state index contributed by atoms with van der Waals surface area (Å²) in [6.07, 6.45) is 1.36. The summed E-state index contributed by atoms with van der Waals surface area (Å²) in [7, 11) is 0. The molecule has 0 radical (unpaired) electrons. The second kappa shape index (κ2) is 33.8. The summed E-state index contributed by atoms with van der Waals surface area (Å²) in [6.45, 7) is 0.614. The number of hydrogen-bond acceptors (Lipinski definition) is 13. The lowest BCUT2D eigenvalue weighted by Gasteiger charge is -2.27. The van der Waals surface area contributed by atoms with Crippen LogP contribution in [0.15, 0.2) is 30.0 Å². The molecule has 0 rings (SSSR count). The van der Waals surface area contributed by atoms with E-state index in [1.54, 1.807) is 0 Å². The Morgan fingerprint density at radius 3 is 0.716 bits per heavy atom. The first kappa shape index (κ1) is 59.4. The molecule has 0 spiro atoms. The molecule has 0 unspecified atom stereocenters. The summed E-state index contributed by atoms with van der Waals surface area (Å²) >= 11 is 0. The van der Waals surface area contributed by atoms with Gasteiger partial charge in [-0.2, -0.15) is 0 Å². The lowest BCUT2D eigenvalue weighted by molar-refractivity contribution is -0.135. The monoisotopic (exact) mass is 954 g/mol. The first-order chi connectivity index (χ1) is 31.5. The summed E-state index contributed by atoms with van der Waals surface area (Å²) < 4.78 is 0. The van der Waals surface area contributed by atoms with E-state index in [-0.39, 0.29) is 146 Å². The number of amides is 6. The maximum Gasteiger partial charge on any atom is 0.243 e. The zero-order chi connectivity index (χ0) is 50.9. The Morgan fingerprint density at radius 1 is 0.299 bits per heavy atom. The van der Waals surface area contributed by atoms with E-state index in [0.717, 1.165) is 0 Å². The highest BCUT2D eigenvalue weighted by Gasteiger charge is 2.32. The molecule has 0 heterocycles. The Hall–Kier alpha value is -7.60. The second-order valence-corrected chi connectivity index (χ2v) is 15.0. The molecule has 31 nitrogen and oxygen atoms in total. The summed E-state index contributed by atoms with van der Waals surface area (Å²) in [6, 6.07) is -7.52. The quantitative estimate of drug-likeness (QED) is 0.0159. The van der Waals surface area contributed by atoms with Gasteiger partial charge in [0.2, 0.25) is 35.4 Å². The van der Waals surface area contributed by atoms with Gasteiger partial charge >= 0.3 is 0 Å². The maximum atomic E-state index is 14.2. The molecular formula is C36H75N25O6. The van der Waals surface area contributed by atoms with Crippen LogP contribution in [-0.2, 0) is 28.8 Å². The van der Waals surface area contributed by atoms with Gasteiger partial charge in [0.25, 0.3) is 0 Å². The molecule has 67 heavy (non-hydrogen) atoms. The van der Waals surface area contributed by atoms with Gasteiger partial charge in [0.05, 0.1) is 6.04 Å². The summed E-state index contributed by atoms with van der Waals surface area (Å²) in [5.41, 5.74) is 76.9. The molecular weight excluding hydrogens is 879 g/mol. The Labute approximate surface area is 388 Å². The number of nitrogens with zero attached hydrogens (tertiary/aromatic N) is 6. The van der Waals surface area contributed by atoms with Crippen LogP contribution in [0.1, 0.15) is 77.0 Å². The standard InChI is InChI=1S/C36H75N25O6/c37-19(7-1-13-51-31(39)40)26(63)58-21(9-3-15-53-33(43)44)28(65)60-23(11-5-17-55-35(47)48)30(67)61-24(12-6-18-56-36(49)50)29(66)59-22(10-4-16-54-34(45)46)27(64)57-20(25(38)62)8-2-14-52-32(41)42/h19-24H,1-18,37H2,(H2,38,62)(H,57,64)(H,58,63)(H,59,66)(H,60,65)(H,61,67)(H4,39,40,51)(H4,41,42,52)(H4,43,44,53)(H4,45,46,54)(H4,47,48,55)(H4,49,50,56)/t19-,20-,21-,22-,23-,24-/m1/s1. The first-order valence-corrected chi connectivity index (χ1v) is 21.4. The lowest BCUT2D eigenvalue weighted by Crippen LogP contribution is -2.59. The van der Waals surface area contributed by atoms with Gasteiger partial charge in [-0.15, -0.1) is 0 Å². The topological polar surface area (TPSA) is 601 Å². The Balaban J connectivity index is 6.78. The molecule has 0 aliphatic carbocycles. The van der Waals surface area contributed by atoms with Crippen LogP contribution >= 0.6 is 0 Å². The molecule has 0 saturated heterocycles. The average Bonchev–Trinajstić information content (AvgIpc) is 3.23. The van der Waals surface area contributed by atoms with Gasteiger partial charge in [0.15, 0.2) is 35.8 Å². The lowest BCUT2D eigenvalue weighted by atomic mass is 10.0. The van der Waals surface area contributed by atoms with Gasteiger partial charge in [-0.3, -0.25) is 58.7 Å². The molecule has 0 bridgehead atoms. The third-order valence-corrected chi connectivity index (χ3v) is 9.22. The fourth-order valence-corrected chi connectivity index (χ4v) is 5.90. The number of rotatable bonds is 35. The predicted molar refractivity (Wildman–Crippen MR) is 256 cm³/mol. The van der Waals surface area contributed by atoms with Crippen LogP contribution < -0.4 is 107 Å². The first-order valence-electron chi connectivity index (χ1n) is 21.4. The van der Waals surface area contributed by atoms with E-state index in [1.807, 2.05) is 0 Å². The molecule has 0 aliphatic rings. The number of hydrogen-bond donors (Lipinski definition) is 19.